The van der Waals surface area contributed by atoms with Gasteiger partial charge in [-0.25, -0.2) is 4.98 Å². The minimum absolute atomic E-state index is 0.246. The maximum absolute atomic E-state index is 13.5. The summed E-state index contributed by atoms with van der Waals surface area (Å²) in [5, 5.41) is 13.7. The van der Waals surface area contributed by atoms with E-state index in [1.807, 2.05) is 12.3 Å². The van der Waals surface area contributed by atoms with Crippen molar-refractivity contribution in [3.8, 4) is 0 Å². The molecule has 2 rings (SSSR count). The molecule has 0 saturated heterocycles. The first-order valence-electron chi connectivity index (χ1n) is 5.54. The van der Waals surface area contributed by atoms with Crippen LogP contribution in [-0.4, -0.2) is 17.0 Å². The van der Waals surface area contributed by atoms with Crippen molar-refractivity contribution in [3.63, 3.8) is 0 Å². The van der Waals surface area contributed by atoms with Gasteiger partial charge in [-0.2, -0.15) is 4.39 Å². The van der Waals surface area contributed by atoms with E-state index in [9.17, 15) is 14.5 Å². The van der Waals surface area contributed by atoms with Crippen molar-refractivity contribution in [2.24, 2.45) is 0 Å². The van der Waals surface area contributed by atoms with Crippen LogP contribution in [0.3, 0.4) is 0 Å². The number of halogens is 1. The highest BCUT2D eigenvalue weighted by Gasteiger charge is 2.22. The second-order valence-corrected chi connectivity index (χ2v) is 5.14. The zero-order valence-corrected chi connectivity index (χ0v) is 11.3. The van der Waals surface area contributed by atoms with Gasteiger partial charge in [0.25, 0.3) is 0 Å². The molecule has 7 heteroatoms. The van der Waals surface area contributed by atoms with Crippen LogP contribution >= 0.6 is 11.3 Å². The van der Waals surface area contributed by atoms with Crippen molar-refractivity contribution in [3.05, 3.63) is 50.2 Å². The molecular formula is C12H12FN3O2S. The molecule has 0 saturated carbocycles. The fraction of sp³-hybridized carbons (Fsp3) is 0.250. The van der Waals surface area contributed by atoms with Gasteiger partial charge in [0, 0.05) is 12.4 Å². The molecule has 0 amide bonds. The molecule has 0 N–H and O–H groups in total. The Hall–Kier alpha value is -2.02. The van der Waals surface area contributed by atoms with Gasteiger partial charge in [-0.3, -0.25) is 10.1 Å². The van der Waals surface area contributed by atoms with E-state index in [-0.39, 0.29) is 5.69 Å². The maximum atomic E-state index is 13.5. The normalized spacial score (nSPS) is 10.5. The Morgan fingerprint density at radius 1 is 1.53 bits per heavy atom. The molecular weight excluding hydrogens is 269 g/mol. The molecule has 0 unspecified atom stereocenters. The summed E-state index contributed by atoms with van der Waals surface area (Å²) in [4.78, 5) is 16.1. The number of rotatable bonds is 4. The van der Waals surface area contributed by atoms with Gasteiger partial charge in [-0.1, -0.05) is 6.07 Å². The van der Waals surface area contributed by atoms with E-state index in [1.54, 1.807) is 11.9 Å². The summed E-state index contributed by atoms with van der Waals surface area (Å²) in [5.41, 5.74) is 0.552. The smallest absolute Gasteiger partial charge is 0.327 e. The van der Waals surface area contributed by atoms with E-state index >= 15 is 0 Å². The zero-order chi connectivity index (χ0) is 14.0. The molecule has 1 aromatic carbocycles. The average Bonchev–Trinajstić information content (AvgIpc) is 2.73. The monoisotopic (exact) mass is 281 g/mol. The molecule has 0 fully saturated rings. The van der Waals surface area contributed by atoms with E-state index in [1.165, 1.54) is 23.5 Å². The summed E-state index contributed by atoms with van der Waals surface area (Å²) in [6, 6.07) is 4.07. The summed E-state index contributed by atoms with van der Waals surface area (Å²) >= 11 is 1.51. The van der Waals surface area contributed by atoms with Crippen molar-refractivity contribution in [2.45, 2.75) is 13.5 Å². The number of thiazole rings is 1. The van der Waals surface area contributed by atoms with Crippen molar-refractivity contribution in [1.29, 1.82) is 0 Å². The second kappa shape index (κ2) is 5.31. The maximum Gasteiger partial charge on any atom is 0.327 e. The highest BCUT2D eigenvalue weighted by molar-refractivity contribution is 7.09. The number of benzene rings is 1. The molecule has 1 heterocycles. The Morgan fingerprint density at radius 3 is 2.84 bits per heavy atom. The van der Waals surface area contributed by atoms with Gasteiger partial charge in [-0.05, 0) is 19.1 Å². The third-order valence-corrected chi connectivity index (χ3v) is 3.45. The first kappa shape index (κ1) is 13.4. The third kappa shape index (κ3) is 2.87. The number of aromatic nitrogens is 1. The van der Waals surface area contributed by atoms with E-state index in [0.29, 0.717) is 6.54 Å². The van der Waals surface area contributed by atoms with Crippen LogP contribution in [0.4, 0.5) is 15.8 Å². The van der Waals surface area contributed by atoms with Gasteiger partial charge in [-0.15, -0.1) is 11.3 Å². The molecule has 100 valence electrons. The predicted octanol–water partition coefficient (Wildman–Crippen LogP) is 3.14. The van der Waals surface area contributed by atoms with Gasteiger partial charge >= 0.3 is 5.69 Å². The number of nitro benzene ring substituents is 1. The lowest BCUT2D eigenvalue weighted by atomic mass is 10.2. The summed E-state index contributed by atoms with van der Waals surface area (Å²) in [6.07, 6.45) is 0. The average molecular weight is 281 g/mol. The van der Waals surface area contributed by atoms with Crippen LogP contribution in [0.1, 0.15) is 10.7 Å². The molecule has 0 aliphatic carbocycles. The summed E-state index contributed by atoms with van der Waals surface area (Å²) in [7, 11) is 1.68. The standard InChI is InChI=1S/C12H12FN3O2S/c1-8-14-9(7-19-8)6-15(2)11-5-3-4-10(13)12(11)16(17)18/h3-5,7H,6H2,1-2H3. The van der Waals surface area contributed by atoms with E-state index < -0.39 is 16.4 Å². The largest absolute Gasteiger partial charge is 0.363 e. The van der Waals surface area contributed by atoms with Crippen molar-refractivity contribution >= 4 is 22.7 Å². The van der Waals surface area contributed by atoms with Crippen molar-refractivity contribution in [2.75, 3.05) is 11.9 Å². The quantitative estimate of drug-likeness (QED) is 0.638. The van der Waals surface area contributed by atoms with Gasteiger partial charge in [0.15, 0.2) is 0 Å². The van der Waals surface area contributed by atoms with Gasteiger partial charge in [0.05, 0.1) is 22.2 Å². The fourth-order valence-electron chi connectivity index (χ4n) is 1.80. The second-order valence-electron chi connectivity index (χ2n) is 4.08. The fourth-order valence-corrected chi connectivity index (χ4v) is 2.41. The summed E-state index contributed by atoms with van der Waals surface area (Å²) < 4.78 is 13.5. The molecule has 1 aromatic heterocycles. The van der Waals surface area contributed by atoms with Crippen molar-refractivity contribution in [1.82, 2.24) is 4.98 Å². The lowest BCUT2D eigenvalue weighted by molar-refractivity contribution is -0.386. The Morgan fingerprint density at radius 2 is 2.26 bits per heavy atom. The molecule has 0 aliphatic rings. The third-order valence-electron chi connectivity index (χ3n) is 2.63. The SMILES string of the molecule is Cc1nc(CN(C)c2cccc(F)c2[N+](=O)[O-])cs1. The number of nitro groups is 1. The number of aryl methyl sites for hydroxylation is 1. The minimum Gasteiger partial charge on any atom is -0.363 e. The van der Waals surface area contributed by atoms with Crippen LogP contribution < -0.4 is 4.90 Å². The van der Waals surface area contributed by atoms with Crippen LogP contribution in [0.25, 0.3) is 0 Å². The Balaban J connectivity index is 2.31. The number of hydrogen-bond acceptors (Lipinski definition) is 5. The number of hydrogen-bond donors (Lipinski definition) is 0. The Kier molecular flexibility index (Phi) is 3.75. The lowest BCUT2D eigenvalue weighted by Gasteiger charge is -2.17. The number of para-hydroxylation sites is 1. The molecule has 0 radical (unpaired) electrons. The molecule has 19 heavy (non-hydrogen) atoms. The molecule has 5 nitrogen and oxygen atoms in total. The van der Waals surface area contributed by atoms with Crippen LogP contribution in [0.2, 0.25) is 0 Å². The molecule has 0 atom stereocenters. The Bertz CT molecular complexity index is 615. The lowest BCUT2D eigenvalue weighted by Crippen LogP contribution is -2.18. The van der Waals surface area contributed by atoms with Gasteiger partial charge in [0.1, 0.15) is 5.69 Å². The predicted molar refractivity (Wildman–Crippen MR) is 72.0 cm³/mol. The summed E-state index contributed by atoms with van der Waals surface area (Å²) in [6.45, 7) is 2.29. The first-order chi connectivity index (χ1) is 8.99. The van der Waals surface area contributed by atoms with E-state index in [4.69, 9.17) is 0 Å². The first-order valence-corrected chi connectivity index (χ1v) is 6.42. The molecule has 2 aromatic rings. The Labute approximate surface area is 113 Å². The van der Waals surface area contributed by atoms with Crippen LogP contribution in [0, 0.1) is 22.9 Å². The van der Waals surface area contributed by atoms with Gasteiger partial charge in [0.2, 0.25) is 5.82 Å². The highest BCUT2D eigenvalue weighted by atomic mass is 32.1. The molecule has 0 bridgehead atoms. The van der Waals surface area contributed by atoms with Crippen molar-refractivity contribution < 1.29 is 9.31 Å². The van der Waals surface area contributed by atoms with Crippen LogP contribution in [0.5, 0.6) is 0 Å². The van der Waals surface area contributed by atoms with Crippen LogP contribution in [-0.2, 0) is 6.54 Å². The number of nitrogens with zero attached hydrogens (tertiary/aromatic N) is 3. The van der Waals surface area contributed by atoms with E-state index in [0.717, 1.165) is 16.8 Å². The topological polar surface area (TPSA) is 59.3 Å². The van der Waals surface area contributed by atoms with Crippen LogP contribution in [0.15, 0.2) is 23.6 Å². The minimum atomic E-state index is -0.830. The molecule has 0 aliphatic heterocycles. The van der Waals surface area contributed by atoms with Gasteiger partial charge < -0.3 is 4.90 Å². The van der Waals surface area contributed by atoms with E-state index in [2.05, 4.69) is 4.98 Å². The highest BCUT2D eigenvalue weighted by Crippen LogP contribution is 2.30. The molecule has 0 spiro atoms. The number of anilines is 1. The summed E-state index contributed by atoms with van der Waals surface area (Å²) in [5.74, 6) is -0.830. The zero-order valence-electron chi connectivity index (χ0n) is 10.5.